The van der Waals surface area contributed by atoms with Crippen LogP contribution in [0.15, 0.2) is 4.52 Å². The Morgan fingerprint density at radius 3 is 3.25 bits per heavy atom. The molecule has 88 valence electrons. The Balaban J connectivity index is 2.03. The Bertz CT molecular complexity index is 357. The summed E-state index contributed by atoms with van der Waals surface area (Å²) < 4.78 is 5.11. The van der Waals surface area contributed by atoms with E-state index >= 15 is 0 Å². The van der Waals surface area contributed by atoms with Crippen molar-refractivity contribution in [3.63, 3.8) is 0 Å². The maximum atomic E-state index is 11.4. The summed E-state index contributed by atoms with van der Waals surface area (Å²) in [6, 6.07) is 0. The van der Waals surface area contributed by atoms with Crippen molar-refractivity contribution in [3.05, 3.63) is 11.7 Å². The summed E-state index contributed by atoms with van der Waals surface area (Å²) in [7, 11) is 0. The van der Waals surface area contributed by atoms with E-state index in [1.807, 2.05) is 6.92 Å². The number of carbonyl (C=O) groups excluding carboxylic acids is 1. The molecule has 0 radical (unpaired) electrons. The molecule has 0 aromatic carbocycles. The van der Waals surface area contributed by atoms with Crippen LogP contribution in [0.25, 0.3) is 0 Å². The number of rotatable bonds is 3. The molecule has 1 amide bonds. The predicted octanol–water partition coefficient (Wildman–Crippen LogP) is 0.286. The Labute approximate surface area is 93.8 Å². The van der Waals surface area contributed by atoms with E-state index in [2.05, 4.69) is 20.8 Å². The van der Waals surface area contributed by atoms with Gasteiger partial charge in [-0.3, -0.25) is 4.79 Å². The van der Waals surface area contributed by atoms with Crippen LogP contribution in [-0.2, 0) is 0 Å². The van der Waals surface area contributed by atoms with E-state index in [4.69, 9.17) is 4.52 Å². The average Bonchev–Trinajstić information content (AvgIpc) is 2.80. The lowest BCUT2D eigenvalue weighted by Gasteiger charge is -2.18. The van der Waals surface area contributed by atoms with E-state index < -0.39 is 0 Å². The number of piperidine rings is 1. The van der Waals surface area contributed by atoms with Crippen molar-refractivity contribution in [3.8, 4) is 0 Å². The van der Waals surface area contributed by atoms with E-state index in [1.54, 1.807) is 0 Å². The second-order valence-corrected chi connectivity index (χ2v) is 3.86. The van der Waals surface area contributed by atoms with Crippen LogP contribution in [0.3, 0.4) is 0 Å². The van der Waals surface area contributed by atoms with Crippen LogP contribution in [0, 0.1) is 0 Å². The van der Waals surface area contributed by atoms with Gasteiger partial charge in [0, 0.05) is 13.1 Å². The molecule has 0 unspecified atom stereocenters. The summed E-state index contributed by atoms with van der Waals surface area (Å²) in [5.41, 5.74) is 0. The van der Waals surface area contributed by atoms with E-state index in [-0.39, 0.29) is 17.6 Å². The van der Waals surface area contributed by atoms with Crippen LogP contribution in [-0.4, -0.2) is 35.7 Å². The summed E-state index contributed by atoms with van der Waals surface area (Å²) in [6.45, 7) is 4.29. The second-order valence-electron chi connectivity index (χ2n) is 3.86. The number of nitrogens with zero attached hydrogens (tertiary/aromatic N) is 2. The molecule has 1 aromatic rings. The summed E-state index contributed by atoms with van der Waals surface area (Å²) in [6.07, 6.45) is 2.13. The molecule has 0 bridgehead atoms. The molecule has 1 aliphatic rings. The smallest absolute Gasteiger partial charge is 0.292 e. The molecule has 16 heavy (non-hydrogen) atoms. The summed E-state index contributed by atoms with van der Waals surface area (Å²) in [5, 5.41) is 9.59. The van der Waals surface area contributed by atoms with Crippen molar-refractivity contribution in [1.29, 1.82) is 0 Å². The number of nitrogens with one attached hydrogen (secondary N) is 2. The van der Waals surface area contributed by atoms with Crippen molar-refractivity contribution < 1.29 is 9.32 Å². The normalized spacial score (nSPS) is 20.7. The van der Waals surface area contributed by atoms with Crippen LogP contribution >= 0.6 is 0 Å². The van der Waals surface area contributed by atoms with Gasteiger partial charge in [-0.1, -0.05) is 5.16 Å². The fourth-order valence-electron chi connectivity index (χ4n) is 1.80. The van der Waals surface area contributed by atoms with Crippen LogP contribution in [0.4, 0.5) is 0 Å². The van der Waals surface area contributed by atoms with Gasteiger partial charge in [0.05, 0.1) is 5.92 Å². The topological polar surface area (TPSA) is 80.0 Å². The van der Waals surface area contributed by atoms with Gasteiger partial charge in [-0.25, -0.2) is 0 Å². The van der Waals surface area contributed by atoms with Crippen molar-refractivity contribution in [2.24, 2.45) is 0 Å². The van der Waals surface area contributed by atoms with Crippen molar-refractivity contribution in [2.75, 3.05) is 19.6 Å². The highest BCUT2D eigenvalue weighted by molar-refractivity contribution is 5.90. The highest BCUT2D eigenvalue weighted by Crippen LogP contribution is 2.21. The Morgan fingerprint density at radius 2 is 2.56 bits per heavy atom. The third-order valence-electron chi connectivity index (χ3n) is 2.63. The fraction of sp³-hybridized carbons (Fsp3) is 0.700. The molecule has 1 saturated heterocycles. The zero-order valence-electron chi connectivity index (χ0n) is 9.32. The molecule has 1 aliphatic heterocycles. The minimum atomic E-state index is -0.277. The van der Waals surface area contributed by atoms with Gasteiger partial charge in [0.1, 0.15) is 0 Å². The van der Waals surface area contributed by atoms with Gasteiger partial charge in [-0.05, 0) is 26.3 Å². The molecule has 1 aromatic heterocycles. The molecular formula is C10H16N4O2. The monoisotopic (exact) mass is 224 g/mol. The summed E-state index contributed by atoms with van der Waals surface area (Å²) >= 11 is 0. The molecule has 0 saturated carbocycles. The molecule has 2 N–H and O–H groups in total. The molecular weight excluding hydrogens is 208 g/mol. The lowest BCUT2D eigenvalue weighted by molar-refractivity contribution is 0.0942. The highest BCUT2D eigenvalue weighted by atomic mass is 16.5. The Kier molecular flexibility index (Phi) is 3.51. The maximum Gasteiger partial charge on any atom is 0.292 e. The lowest BCUT2D eigenvalue weighted by atomic mass is 10.00. The van der Waals surface area contributed by atoms with Crippen LogP contribution in [0.1, 0.15) is 42.2 Å². The van der Waals surface area contributed by atoms with E-state index in [9.17, 15) is 4.79 Å². The second kappa shape index (κ2) is 5.07. The van der Waals surface area contributed by atoms with E-state index in [0.29, 0.717) is 12.4 Å². The number of hydrogen-bond acceptors (Lipinski definition) is 5. The highest BCUT2D eigenvalue weighted by Gasteiger charge is 2.23. The lowest BCUT2D eigenvalue weighted by Crippen LogP contribution is -2.28. The first-order valence-electron chi connectivity index (χ1n) is 5.63. The summed E-state index contributed by atoms with van der Waals surface area (Å²) in [4.78, 5) is 15.6. The molecule has 0 aliphatic carbocycles. The van der Waals surface area contributed by atoms with E-state index in [1.165, 1.54) is 0 Å². The molecule has 6 heteroatoms. The molecule has 2 heterocycles. The van der Waals surface area contributed by atoms with Gasteiger partial charge >= 0.3 is 0 Å². The number of hydrogen-bond donors (Lipinski definition) is 2. The fourth-order valence-corrected chi connectivity index (χ4v) is 1.80. The minimum absolute atomic E-state index is 0.127. The van der Waals surface area contributed by atoms with Gasteiger partial charge in [-0.15, -0.1) is 0 Å². The first-order chi connectivity index (χ1) is 7.81. The SMILES string of the molecule is CCNC(=O)c1noc([C@H]2CCCNC2)n1. The minimum Gasteiger partial charge on any atom is -0.349 e. The Morgan fingerprint density at radius 1 is 1.69 bits per heavy atom. The van der Waals surface area contributed by atoms with Gasteiger partial charge in [0.15, 0.2) is 0 Å². The zero-order valence-corrected chi connectivity index (χ0v) is 9.32. The van der Waals surface area contributed by atoms with Crippen LogP contribution in [0.2, 0.25) is 0 Å². The van der Waals surface area contributed by atoms with Gasteiger partial charge < -0.3 is 15.2 Å². The predicted molar refractivity (Wildman–Crippen MR) is 57.1 cm³/mol. The molecule has 1 atom stereocenters. The number of amides is 1. The molecule has 1 fully saturated rings. The van der Waals surface area contributed by atoms with Gasteiger partial charge in [-0.2, -0.15) is 4.98 Å². The Hall–Kier alpha value is -1.43. The number of carbonyl (C=O) groups is 1. The third kappa shape index (κ3) is 2.38. The van der Waals surface area contributed by atoms with Crippen LogP contribution < -0.4 is 10.6 Å². The average molecular weight is 224 g/mol. The van der Waals surface area contributed by atoms with Crippen molar-refractivity contribution in [1.82, 2.24) is 20.8 Å². The van der Waals surface area contributed by atoms with Gasteiger partial charge in [0.25, 0.3) is 11.7 Å². The molecule has 0 spiro atoms. The van der Waals surface area contributed by atoms with Gasteiger partial charge in [0.2, 0.25) is 5.89 Å². The standard InChI is InChI=1S/C10H16N4O2/c1-2-12-9(15)8-13-10(16-14-8)7-4-3-5-11-6-7/h7,11H,2-6H2,1H3,(H,12,15)/t7-/m0/s1. The zero-order chi connectivity index (χ0) is 11.4. The quantitative estimate of drug-likeness (QED) is 0.771. The molecule has 6 nitrogen and oxygen atoms in total. The van der Waals surface area contributed by atoms with Crippen molar-refractivity contribution >= 4 is 5.91 Å². The molecule has 2 rings (SSSR count). The first kappa shape index (κ1) is 11.1. The maximum absolute atomic E-state index is 11.4. The summed E-state index contributed by atoms with van der Waals surface area (Å²) in [5.74, 6) is 0.654. The van der Waals surface area contributed by atoms with Crippen molar-refractivity contribution in [2.45, 2.75) is 25.7 Å². The third-order valence-corrected chi connectivity index (χ3v) is 2.63. The van der Waals surface area contributed by atoms with E-state index in [0.717, 1.165) is 25.9 Å². The largest absolute Gasteiger partial charge is 0.349 e. The first-order valence-corrected chi connectivity index (χ1v) is 5.63. The number of aromatic nitrogens is 2. The van der Waals surface area contributed by atoms with Crippen LogP contribution in [0.5, 0.6) is 0 Å².